The minimum absolute atomic E-state index is 0.0254. The fourth-order valence-corrected chi connectivity index (χ4v) is 3.26. The lowest BCUT2D eigenvalue weighted by Gasteiger charge is -2.30. The summed E-state index contributed by atoms with van der Waals surface area (Å²) in [6, 6.07) is 12.2. The number of carbonyl (C=O) groups is 1. The lowest BCUT2D eigenvalue weighted by molar-refractivity contribution is 0.0931. The highest BCUT2D eigenvalue weighted by atomic mass is 79.9. The first-order valence-electron chi connectivity index (χ1n) is 8.61. The molecule has 2 aromatic carbocycles. The number of carbonyl (C=O) groups excluding carboxylic acids is 1. The zero-order valence-corrected chi connectivity index (χ0v) is 16.8. The molecule has 0 radical (unpaired) electrons. The molecule has 0 aliphatic heterocycles. The Balaban J connectivity index is 2.19. The molecular formula is C20H24BrFN2O2. The summed E-state index contributed by atoms with van der Waals surface area (Å²) in [6.45, 7) is 6.20. The summed E-state index contributed by atoms with van der Waals surface area (Å²) in [7, 11) is 1.63. The minimum Gasteiger partial charge on any atom is -0.497 e. The summed E-state index contributed by atoms with van der Waals surface area (Å²) in [5.74, 6) is -0.197. The molecule has 0 fully saturated rings. The van der Waals surface area contributed by atoms with Crippen molar-refractivity contribution >= 4 is 21.8 Å². The Morgan fingerprint density at radius 1 is 1.23 bits per heavy atom. The quantitative estimate of drug-likeness (QED) is 0.684. The second-order valence-electron chi connectivity index (χ2n) is 5.85. The van der Waals surface area contributed by atoms with E-state index in [1.54, 1.807) is 13.2 Å². The van der Waals surface area contributed by atoms with Crippen LogP contribution in [0.15, 0.2) is 46.9 Å². The van der Waals surface area contributed by atoms with Crippen LogP contribution in [0.25, 0.3) is 0 Å². The summed E-state index contributed by atoms with van der Waals surface area (Å²) >= 11 is 3.20. The van der Waals surface area contributed by atoms with Gasteiger partial charge in [-0.3, -0.25) is 9.69 Å². The van der Waals surface area contributed by atoms with E-state index in [0.717, 1.165) is 24.4 Å². The molecule has 0 saturated carbocycles. The number of nitrogens with one attached hydrogen (secondary N) is 1. The highest BCUT2D eigenvalue weighted by Gasteiger charge is 2.20. The van der Waals surface area contributed by atoms with Crippen molar-refractivity contribution in [2.75, 3.05) is 26.7 Å². The zero-order valence-electron chi connectivity index (χ0n) is 15.3. The van der Waals surface area contributed by atoms with Crippen molar-refractivity contribution < 1.29 is 13.9 Å². The topological polar surface area (TPSA) is 41.6 Å². The van der Waals surface area contributed by atoms with Gasteiger partial charge in [0.1, 0.15) is 11.6 Å². The third-order valence-electron chi connectivity index (χ3n) is 4.36. The van der Waals surface area contributed by atoms with Crippen LogP contribution < -0.4 is 10.1 Å². The molecule has 0 aliphatic rings. The van der Waals surface area contributed by atoms with Crippen LogP contribution in [-0.2, 0) is 0 Å². The van der Waals surface area contributed by atoms with E-state index >= 15 is 0 Å². The molecule has 26 heavy (non-hydrogen) atoms. The van der Waals surface area contributed by atoms with E-state index in [1.807, 2.05) is 24.3 Å². The SMILES string of the molecule is CCN(CC)C(CNC(=O)c1ccc(Br)cc1F)c1cccc(OC)c1. The van der Waals surface area contributed by atoms with Gasteiger partial charge in [0.25, 0.3) is 5.91 Å². The maximum Gasteiger partial charge on any atom is 0.254 e. The lowest BCUT2D eigenvalue weighted by Crippen LogP contribution is -2.38. The van der Waals surface area contributed by atoms with Crippen molar-refractivity contribution in [2.24, 2.45) is 0 Å². The highest BCUT2D eigenvalue weighted by Crippen LogP contribution is 2.24. The van der Waals surface area contributed by atoms with E-state index in [-0.39, 0.29) is 11.6 Å². The number of halogens is 2. The number of hydrogen-bond acceptors (Lipinski definition) is 3. The van der Waals surface area contributed by atoms with E-state index in [4.69, 9.17) is 4.74 Å². The van der Waals surface area contributed by atoms with Crippen molar-refractivity contribution in [1.29, 1.82) is 0 Å². The van der Waals surface area contributed by atoms with E-state index < -0.39 is 11.7 Å². The van der Waals surface area contributed by atoms with Crippen molar-refractivity contribution in [3.05, 3.63) is 63.9 Å². The molecule has 0 saturated heterocycles. The molecule has 0 heterocycles. The molecule has 0 aromatic heterocycles. The van der Waals surface area contributed by atoms with Gasteiger partial charge in [0.15, 0.2) is 0 Å². The minimum atomic E-state index is -0.544. The van der Waals surface area contributed by atoms with Crippen LogP contribution in [0.1, 0.15) is 35.8 Å². The number of amides is 1. The maximum atomic E-state index is 14.0. The third kappa shape index (κ3) is 5.05. The van der Waals surface area contributed by atoms with Crippen molar-refractivity contribution in [3.63, 3.8) is 0 Å². The van der Waals surface area contributed by atoms with Crippen molar-refractivity contribution in [3.8, 4) is 5.75 Å². The van der Waals surface area contributed by atoms with Gasteiger partial charge in [-0.1, -0.05) is 41.9 Å². The average Bonchev–Trinajstić information content (AvgIpc) is 2.65. The van der Waals surface area contributed by atoms with Gasteiger partial charge < -0.3 is 10.1 Å². The molecule has 1 unspecified atom stereocenters. The first kappa shape index (κ1) is 20.4. The molecule has 0 aliphatic carbocycles. The zero-order chi connectivity index (χ0) is 19.1. The monoisotopic (exact) mass is 422 g/mol. The summed E-state index contributed by atoms with van der Waals surface area (Å²) in [5, 5.41) is 2.87. The molecule has 0 spiro atoms. The number of benzene rings is 2. The predicted molar refractivity (Wildman–Crippen MR) is 105 cm³/mol. The van der Waals surface area contributed by atoms with Gasteiger partial charge in [-0.15, -0.1) is 0 Å². The molecule has 4 nitrogen and oxygen atoms in total. The molecular weight excluding hydrogens is 399 g/mol. The van der Waals surface area contributed by atoms with Crippen LogP contribution in [0.5, 0.6) is 5.75 Å². The molecule has 1 atom stereocenters. The number of methoxy groups -OCH3 is 1. The van der Waals surface area contributed by atoms with Gasteiger partial charge >= 0.3 is 0 Å². The molecule has 2 rings (SSSR count). The normalized spacial score (nSPS) is 12.1. The average molecular weight is 423 g/mol. The first-order chi connectivity index (χ1) is 12.5. The third-order valence-corrected chi connectivity index (χ3v) is 4.86. The van der Waals surface area contributed by atoms with Crippen LogP contribution in [-0.4, -0.2) is 37.6 Å². The molecule has 0 bridgehead atoms. The molecule has 1 N–H and O–H groups in total. The number of ether oxygens (including phenoxy) is 1. The summed E-state index contributed by atoms with van der Waals surface area (Å²) < 4.78 is 19.9. The summed E-state index contributed by atoms with van der Waals surface area (Å²) in [4.78, 5) is 14.7. The Labute approximate surface area is 162 Å². The van der Waals surface area contributed by atoms with E-state index in [1.165, 1.54) is 12.1 Å². The van der Waals surface area contributed by atoms with Gasteiger partial charge in [-0.05, 0) is 49.0 Å². The van der Waals surface area contributed by atoms with Crippen molar-refractivity contribution in [2.45, 2.75) is 19.9 Å². The Kier molecular flexibility index (Phi) is 7.60. The smallest absolute Gasteiger partial charge is 0.254 e. The van der Waals surface area contributed by atoms with Crippen LogP contribution in [0.4, 0.5) is 4.39 Å². The van der Waals surface area contributed by atoms with Crippen LogP contribution in [0.2, 0.25) is 0 Å². The number of hydrogen-bond donors (Lipinski definition) is 1. The van der Waals surface area contributed by atoms with Gasteiger partial charge in [0.05, 0.1) is 18.7 Å². The van der Waals surface area contributed by atoms with Gasteiger partial charge in [0, 0.05) is 11.0 Å². The molecule has 1 amide bonds. The highest BCUT2D eigenvalue weighted by molar-refractivity contribution is 9.10. The lowest BCUT2D eigenvalue weighted by atomic mass is 10.0. The Bertz CT molecular complexity index is 750. The maximum absolute atomic E-state index is 14.0. The fourth-order valence-electron chi connectivity index (χ4n) is 2.93. The predicted octanol–water partition coefficient (Wildman–Crippen LogP) is 4.41. The van der Waals surface area contributed by atoms with E-state index in [2.05, 4.69) is 40.0 Å². The van der Waals surface area contributed by atoms with Crippen LogP contribution in [0.3, 0.4) is 0 Å². The molecule has 2 aromatic rings. The number of likely N-dealkylation sites (N-methyl/N-ethyl adjacent to an activating group) is 1. The number of nitrogens with zero attached hydrogens (tertiary/aromatic N) is 1. The summed E-state index contributed by atoms with van der Waals surface area (Å²) in [5.41, 5.74) is 1.08. The van der Waals surface area contributed by atoms with E-state index in [9.17, 15) is 9.18 Å². The van der Waals surface area contributed by atoms with Gasteiger partial charge in [-0.25, -0.2) is 4.39 Å². The second kappa shape index (κ2) is 9.69. The Morgan fingerprint density at radius 2 is 1.96 bits per heavy atom. The second-order valence-corrected chi connectivity index (χ2v) is 6.76. The summed E-state index contributed by atoms with van der Waals surface area (Å²) in [6.07, 6.45) is 0. The fraction of sp³-hybridized carbons (Fsp3) is 0.350. The Morgan fingerprint density at radius 3 is 2.58 bits per heavy atom. The van der Waals surface area contributed by atoms with Crippen molar-refractivity contribution in [1.82, 2.24) is 10.2 Å². The number of rotatable bonds is 8. The first-order valence-corrected chi connectivity index (χ1v) is 9.40. The van der Waals surface area contributed by atoms with Crippen LogP contribution in [0, 0.1) is 5.82 Å². The standard InChI is InChI=1S/C20H24BrFN2O2/c1-4-24(5-2)19(14-7-6-8-16(11-14)26-3)13-23-20(25)17-10-9-15(21)12-18(17)22/h6-12,19H,4-5,13H2,1-3H3,(H,23,25). The largest absolute Gasteiger partial charge is 0.497 e. The van der Waals surface area contributed by atoms with Gasteiger partial charge in [0.2, 0.25) is 0 Å². The van der Waals surface area contributed by atoms with E-state index in [0.29, 0.717) is 11.0 Å². The molecule has 140 valence electrons. The Hall–Kier alpha value is -1.92. The molecule has 6 heteroatoms. The van der Waals surface area contributed by atoms with Gasteiger partial charge in [-0.2, -0.15) is 0 Å². The van der Waals surface area contributed by atoms with Crippen LogP contribution >= 0.6 is 15.9 Å².